The molecule has 0 spiro atoms. The summed E-state index contributed by atoms with van der Waals surface area (Å²) in [6, 6.07) is 0. The van der Waals surface area contributed by atoms with E-state index in [0.717, 1.165) is 5.82 Å². The summed E-state index contributed by atoms with van der Waals surface area (Å²) in [4.78, 5) is 15.0. The van der Waals surface area contributed by atoms with Gasteiger partial charge < -0.3 is 14.8 Å². The molecule has 0 bridgehead atoms. The Bertz CT molecular complexity index is 406. The van der Waals surface area contributed by atoms with Gasteiger partial charge in [-0.3, -0.25) is 4.79 Å². The molecule has 0 atom stereocenters. The SMILES string of the molecule is Cc1nccn1CC1(O)CCC(C(=O)O)CC1. The zero-order valence-corrected chi connectivity index (χ0v) is 9.96. The Labute approximate surface area is 100 Å². The summed E-state index contributed by atoms with van der Waals surface area (Å²) in [5.41, 5.74) is -0.780. The molecule has 0 amide bonds. The summed E-state index contributed by atoms with van der Waals surface area (Å²) in [5, 5.41) is 19.3. The van der Waals surface area contributed by atoms with Crippen molar-refractivity contribution in [3.63, 3.8) is 0 Å². The second kappa shape index (κ2) is 4.49. The Hall–Kier alpha value is -1.36. The minimum atomic E-state index is -0.780. The van der Waals surface area contributed by atoms with E-state index < -0.39 is 11.6 Å². The van der Waals surface area contributed by atoms with Crippen molar-refractivity contribution in [2.75, 3.05) is 0 Å². The van der Waals surface area contributed by atoms with Gasteiger partial charge >= 0.3 is 5.97 Å². The Morgan fingerprint density at radius 3 is 2.71 bits per heavy atom. The third kappa shape index (κ3) is 2.66. The molecule has 0 unspecified atom stereocenters. The highest BCUT2D eigenvalue weighted by atomic mass is 16.4. The van der Waals surface area contributed by atoms with E-state index >= 15 is 0 Å². The molecule has 2 N–H and O–H groups in total. The highest BCUT2D eigenvalue weighted by Crippen LogP contribution is 2.33. The molecule has 5 heteroatoms. The number of aryl methyl sites for hydroxylation is 1. The average molecular weight is 238 g/mol. The van der Waals surface area contributed by atoms with Gasteiger partial charge in [-0.1, -0.05) is 0 Å². The zero-order valence-electron chi connectivity index (χ0n) is 9.96. The molecule has 1 aliphatic rings. The Balaban J connectivity index is 1.98. The number of nitrogens with zero attached hydrogens (tertiary/aromatic N) is 2. The lowest BCUT2D eigenvalue weighted by atomic mass is 9.79. The number of rotatable bonds is 3. The molecule has 0 saturated heterocycles. The summed E-state index contributed by atoms with van der Waals surface area (Å²) in [6.07, 6.45) is 5.75. The van der Waals surface area contributed by atoms with Crippen LogP contribution in [-0.4, -0.2) is 31.3 Å². The number of carboxylic acid groups (broad SMARTS) is 1. The Kier molecular flexibility index (Phi) is 3.19. The molecular weight excluding hydrogens is 220 g/mol. The van der Waals surface area contributed by atoms with E-state index in [9.17, 15) is 9.90 Å². The normalized spacial score (nSPS) is 29.2. The molecule has 0 aromatic carbocycles. The first kappa shape index (κ1) is 12.1. The van der Waals surface area contributed by atoms with E-state index in [4.69, 9.17) is 5.11 Å². The molecule has 94 valence electrons. The van der Waals surface area contributed by atoms with Crippen LogP contribution in [0.3, 0.4) is 0 Å². The summed E-state index contributed by atoms with van der Waals surface area (Å²) >= 11 is 0. The van der Waals surface area contributed by atoms with Gasteiger partial charge in [0.2, 0.25) is 0 Å². The largest absolute Gasteiger partial charge is 0.481 e. The zero-order chi connectivity index (χ0) is 12.5. The van der Waals surface area contributed by atoms with Crippen LogP contribution in [0, 0.1) is 12.8 Å². The lowest BCUT2D eigenvalue weighted by Crippen LogP contribution is -2.39. The minimum absolute atomic E-state index is 0.292. The molecule has 1 saturated carbocycles. The molecule has 0 radical (unpaired) electrons. The van der Waals surface area contributed by atoms with Crippen LogP contribution in [0.1, 0.15) is 31.5 Å². The van der Waals surface area contributed by atoms with Crippen molar-refractivity contribution in [2.24, 2.45) is 5.92 Å². The maximum absolute atomic E-state index is 10.8. The predicted octanol–water partition coefficient (Wildman–Crippen LogP) is 1.20. The number of hydrogen-bond acceptors (Lipinski definition) is 3. The van der Waals surface area contributed by atoms with Gasteiger partial charge in [0, 0.05) is 12.4 Å². The second-order valence-electron chi connectivity index (χ2n) is 4.94. The molecule has 1 heterocycles. The highest BCUT2D eigenvalue weighted by Gasteiger charge is 2.36. The molecule has 1 aromatic rings. The van der Waals surface area contributed by atoms with Gasteiger partial charge in [-0.15, -0.1) is 0 Å². The van der Waals surface area contributed by atoms with Gasteiger partial charge in [-0.25, -0.2) is 4.98 Å². The molecule has 0 aliphatic heterocycles. The van der Waals surface area contributed by atoms with Crippen molar-refractivity contribution >= 4 is 5.97 Å². The van der Waals surface area contributed by atoms with Gasteiger partial charge in [-0.05, 0) is 32.6 Å². The number of imidazole rings is 1. The Morgan fingerprint density at radius 2 is 2.24 bits per heavy atom. The average Bonchev–Trinajstić information content (AvgIpc) is 2.64. The molecule has 2 rings (SSSR count). The smallest absolute Gasteiger partial charge is 0.306 e. The van der Waals surface area contributed by atoms with Crippen LogP contribution in [0.2, 0.25) is 0 Å². The number of aliphatic carboxylic acids is 1. The maximum atomic E-state index is 10.8. The summed E-state index contributed by atoms with van der Waals surface area (Å²) in [5.74, 6) is -0.163. The van der Waals surface area contributed by atoms with Gasteiger partial charge in [0.25, 0.3) is 0 Å². The first-order valence-electron chi connectivity index (χ1n) is 5.93. The number of carbonyl (C=O) groups is 1. The highest BCUT2D eigenvalue weighted by molar-refractivity contribution is 5.70. The van der Waals surface area contributed by atoms with E-state index in [1.54, 1.807) is 6.20 Å². The van der Waals surface area contributed by atoms with Gasteiger partial charge in [-0.2, -0.15) is 0 Å². The van der Waals surface area contributed by atoms with Crippen LogP contribution < -0.4 is 0 Å². The number of carboxylic acids is 1. The van der Waals surface area contributed by atoms with Gasteiger partial charge in [0.05, 0.1) is 18.1 Å². The lowest BCUT2D eigenvalue weighted by Gasteiger charge is -2.35. The van der Waals surface area contributed by atoms with E-state index in [1.165, 1.54) is 0 Å². The quantitative estimate of drug-likeness (QED) is 0.829. The number of aliphatic hydroxyl groups is 1. The molecule has 5 nitrogen and oxygen atoms in total. The fourth-order valence-corrected chi connectivity index (χ4v) is 2.45. The molecule has 1 aromatic heterocycles. The van der Waals surface area contributed by atoms with Gasteiger partial charge in [0.1, 0.15) is 5.82 Å². The van der Waals surface area contributed by atoms with Crippen molar-refractivity contribution in [3.8, 4) is 0 Å². The molecule has 1 aliphatic carbocycles. The van der Waals surface area contributed by atoms with E-state index in [-0.39, 0.29) is 5.92 Å². The van der Waals surface area contributed by atoms with E-state index in [1.807, 2.05) is 17.7 Å². The van der Waals surface area contributed by atoms with E-state index in [0.29, 0.717) is 32.2 Å². The lowest BCUT2D eigenvalue weighted by molar-refractivity contribution is -0.145. The van der Waals surface area contributed by atoms with Crippen molar-refractivity contribution in [1.29, 1.82) is 0 Å². The van der Waals surface area contributed by atoms with E-state index in [2.05, 4.69) is 4.98 Å². The number of hydrogen-bond donors (Lipinski definition) is 2. The first-order valence-corrected chi connectivity index (χ1v) is 5.93. The first-order chi connectivity index (χ1) is 8.00. The standard InChI is InChI=1S/C12H18N2O3/c1-9-13-6-7-14(9)8-12(17)4-2-10(3-5-12)11(15)16/h6-7,10,17H,2-5,8H2,1H3,(H,15,16). The Morgan fingerprint density at radius 1 is 1.59 bits per heavy atom. The van der Waals surface area contributed by atoms with Crippen LogP contribution >= 0.6 is 0 Å². The second-order valence-corrected chi connectivity index (χ2v) is 4.94. The molecule has 17 heavy (non-hydrogen) atoms. The third-order valence-electron chi connectivity index (χ3n) is 3.65. The van der Waals surface area contributed by atoms with Crippen molar-refractivity contribution in [1.82, 2.24) is 9.55 Å². The fraction of sp³-hybridized carbons (Fsp3) is 0.667. The summed E-state index contributed by atoms with van der Waals surface area (Å²) < 4.78 is 1.92. The fourth-order valence-electron chi connectivity index (χ4n) is 2.45. The van der Waals surface area contributed by atoms with Gasteiger partial charge in [0.15, 0.2) is 0 Å². The number of aromatic nitrogens is 2. The van der Waals surface area contributed by atoms with Crippen molar-refractivity contribution in [2.45, 2.75) is 44.8 Å². The monoisotopic (exact) mass is 238 g/mol. The molecule has 1 fully saturated rings. The van der Waals surface area contributed by atoms with Crippen molar-refractivity contribution < 1.29 is 15.0 Å². The van der Waals surface area contributed by atoms with Crippen LogP contribution in [0.4, 0.5) is 0 Å². The minimum Gasteiger partial charge on any atom is -0.481 e. The topological polar surface area (TPSA) is 75.3 Å². The predicted molar refractivity (Wildman–Crippen MR) is 61.5 cm³/mol. The van der Waals surface area contributed by atoms with Crippen LogP contribution in [0.25, 0.3) is 0 Å². The van der Waals surface area contributed by atoms with Crippen LogP contribution in [0.15, 0.2) is 12.4 Å². The van der Waals surface area contributed by atoms with Crippen LogP contribution in [0.5, 0.6) is 0 Å². The summed E-state index contributed by atoms with van der Waals surface area (Å²) in [6.45, 7) is 2.40. The van der Waals surface area contributed by atoms with Crippen LogP contribution in [-0.2, 0) is 11.3 Å². The third-order valence-corrected chi connectivity index (χ3v) is 3.65. The maximum Gasteiger partial charge on any atom is 0.306 e. The molecular formula is C12H18N2O3. The summed E-state index contributed by atoms with van der Waals surface area (Å²) in [7, 11) is 0. The van der Waals surface area contributed by atoms with Crippen molar-refractivity contribution in [3.05, 3.63) is 18.2 Å².